The summed E-state index contributed by atoms with van der Waals surface area (Å²) >= 11 is 1.32. The molecule has 0 fully saturated rings. The minimum atomic E-state index is -0.172. The highest BCUT2D eigenvalue weighted by molar-refractivity contribution is 7.11. The summed E-state index contributed by atoms with van der Waals surface area (Å²) in [5.74, 6) is 0.305. The van der Waals surface area contributed by atoms with Gasteiger partial charge in [-0.1, -0.05) is 13.8 Å². The Morgan fingerprint density at radius 3 is 2.75 bits per heavy atom. The minimum absolute atomic E-state index is 0.0260. The van der Waals surface area contributed by atoms with Crippen molar-refractivity contribution in [2.45, 2.75) is 33.2 Å². The molecular formula is C11H18N2O2S. The molecule has 1 unspecified atom stereocenters. The van der Waals surface area contributed by atoms with Crippen LogP contribution in [0.1, 0.15) is 35.6 Å². The quantitative estimate of drug-likeness (QED) is 0.824. The van der Waals surface area contributed by atoms with Crippen LogP contribution < -0.4 is 5.32 Å². The van der Waals surface area contributed by atoms with Gasteiger partial charge in [0.1, 0.15) is 4.88 Å². The van der Waals surface area contributed by atoms with Crippen molar-refractivity contribution in [1.29, 1.82) is 0 Å². The van der Waals surface area contributed by atoms with Gasteiger partial charge in [0.2, 0.25) is 0 Å². The molecule has 16 heavy (non-hydrogen) atoms. The number of aliphatic hydroxyl groups is 1. The van der Waals surface area contributed by atoms with Gasteiger partial charge in [-0.15, -0.1) is 11.3 Å². The summed E-state index contributed by atoms with van der Waals surface area (Å²) in [6.45, 7) is 5.91. The second kappa shape index (κ2) is 5.96. The molecule has 0 aliphatic rings. The van der Waals surface area contributed by atoms with Gasteiger partial charge in [-0.2, -0.15) is 0 Å². The van der Waals surface area contributed by atoms with Crippen molar-refractivity contribution < 1.29 is 9.90 Å². The highest BCUT2D eigenvalue weighted by Gasteiger charge is 2.17. The van der Waals surface area contributed by atoms with Crippen LogP contribution in [0, 0.1) is 12.8 Å². The highest BCUT2D eigenvalue weighted by atomic mass is 32.1. The molecule has 2 N–H and O–H groups in total. The van der Waals surface area contributed by atoms with Crippen molar-refractivity contribution in [3.8, 4) is 0 Å². The maximum Gasteiger partial charge on any atom is 0.263 e. The molecule has 0 aliphatic carbocycles. The first-order valence-electron chi connectivity index (χ1n) is 5.36. The van der Waals surface area contributed by atoms with E-state index in [-0.39, 0.29) is 18.6 Å². The molecule has 1 rings (SSSR count). The molecule has 0 saturated carbocycles. The monoisotopic (exact) mass is 242 g/mol. The average Bonchev–Trinajstić information content (AvgIpc) is 2.62. The summed E-state index contributed by atoms with van der Waals surface area (Å²) in [5.41, 5.74) is 2.39. The smallest absolute Gasteiger partial charge is 0.263 e. The van der Waals surface area contributed by atoms with Gasteiger partial charge in [-0.05, 0) is 19.3 Å². The number of carbonyl (C=O) groups excluding carboxylic acids is 1. The lowest BCUT2D eigenvalue weighted by Crippen LogP contribution is -2.38. The van der Waals surface area contributed by atoms with Crippen LogP contribution in [0.5, 0.6) is 0 Å². The summed E-state index contributed by atoms with van der Waals surface area (Å²) in [7, 11) is 0. The van der Waals surface area contributed by atoms with E-state index in [1.807, 2.05) is 6.92 Å². The molecule has 0 aliphatic heterocycles. The van der Waals surface area contributed by atoms with Crippen LogP contribution in [-0.2, 0) is 0 Å². The molecule has 1 aromatic heterocycles. The summed E-state index contributed by atoms with van der Waals surface area (Å²) in [4.78, 5) is 16.5. The SMILES string of the molecule is Cc1ncsc1C(=O)NC(CO)CC(C)C. The zero-order valence-electron chi connectivity index (χ0n) is 9.86. The number of carbonyl (C=O) groups is 1. The fourth-order valence-corrected chi connectivity index (χ4v) is 2.22. The molecule has 0 bridgehead atoms. The first kappa shape index (κ1) is 13.1. The van der Waals surface area contributed by atoms with E-state index in [1.54, 1.807) is 5.51 Å². The van der Waals surface area contributed by atoms with Crippen LogP contribution in [-0.4, -0.2) is 28.6 Å². The van der Waals surface area contributed by atoms with Crippen LogP contribution in [0.3, 0.4) is 0 Å². The Hall–Kier alpha value is -0.940. The van der Waals surface area contributed by atoms with Crippen molar-refractivity contribution in [2.75, 3.05) is 6.61 Å². The van der Waals surface area contributed by atoms with E-state index in [0.29, 0.717) is 10.8 Å². The van der Waals surface area contributed by atoms with Gasteiger partial charge in [-0.3, -0.25) is 4.79 Å². The van der Waals surface area contributed by atoms with E-state index < -0.39 is 0 Å². The van der Waals surface area contributed by atoms with Crippen LogP contribution in [0.15, 0.2) is 5.51 Å². The van der Waals surface area contributed by atoms with E-state index in [2.05, 4.69) is 24.1 Å². The molecule has 1 aromatic rings. The van der Waals surface area contributed by atoms with E-state index >= 15 is 0 Å². The summed E-state index contributed by atoms with van der Waals surface area (Å²) in [5, 5.41) is 12.0. The van der Waals surface area contributed by atoms with Crippen molar-refractivity contribution >= 4 is 17.2 Å². The third-order valence-corrected chi connectivity index (χ3v) is 3.19. The Morgan fingerprint density at radius 1 is 1.62 bits per heavy atom. The maximum atomic E-state index is 11.8. The lowest BCUT2D eigenvalue weighted by molar-refractivity contribution is 0.0911. The average molecular weight is 242 g/mol. The second-order valence-electron chi connectivity index (χ2n) is 4.25. The van der Waals surface area contributed by atoms with Gasteiger partial charge in [-0.25, -0.2) is 4.98 Å². The summed E-state index contributed by atoms with van der Waals surface area (Å²) < 4.78 is 0. The van der Waals surface area contributed by atoms with E-state index in [1.165, 1.54) is 11.3 Å². The first-order chi connectivity index (χ1) is 7.54. The lowest BCUT2D eigenvalue weighted by Gasteiger charge is -2.17. The molecule has 1 atom stereocenters. The van der Waals surface area contributed by atoms with E-state index in [9.17, 15) is 4.79 Å². The van der Waals surface area contributed by atoms with Gasteiger partial charge in [0.05, 0.1) is 23.9 Å². The topological polar surface area (TPSA) is 62.2 Å². The Kier molecular flexibility index (Phi) is 4.89. The number of thiazole rings is 1. The lowest BCUT2D eigenvalue weighted by atomic mass is 10.0. The number of hydrogen-bond donors (Lipinski definition) is 2. The zero-order chi connectivity index (χ0) is 12.1. The standard InChI is InChI=1S/C11H18N2O2S/c1-7(2)4-9(5-14)13-11(15)10-8(3)12-6-16-10/h6-7,9,14H,4-5H2,1-3H3,(H,13,15). The minimum Gasteiger partial charge on any atom is -0.394 e. The number of aromatic nitrogens is 1. The highest BCUT2D eigenvalue weighted by Crippen LogP contribution is 2.13. The van der Waals surface area contributed by atoms with Gasteiger partial charge < -0.3 is 10.4 Å². The molecule has 0 aromatic carbocycles. The number of nitrogens with zero attached hydrogens (tertiary/aromatic N) is 1. The van der Waals surface area contributed by atoms with Gasteiger partial charge in [0, 0.05) is 0 Å². The maximum absolute atomic E-state index is 11.8. The molecule has 1 amide bonds. The second-order valence-corrected chi connectivity index (χ2v) is 5.10. The fraction of sp³-hybridized carbons (Fsp3) is 0.636. The van der Waals surface area contributed by atoms with Gasteiger partial charge in [0.25, 0.3) is 5.91 Å². The molecule has 0 radical (unpaired) electrons. The van der Waals surface area contributed by atoms with Crippen molar-refractivity contribution in [3.05, 3.63) is 16.1 Å². The van der Waals surface area contributed by atoms with E-state index in [0.717, 1.165) is 12.1 Å². The number of amides is 1. The Morgan fingerprint density at radius 2 is 2.31 bits per heavy atom. The molecular weight excluding hydrogens is 224 g/mol. The van der Waals surface area contributed by atoms with Gasteiger partial charge in [0.15, 0.2) is 0 Å². The number of aliphatic hydroxyl groups excluding tert-OH is 1. The van der Waals surface area contributed by atoms with Crippen LogP contribution in [0.25, 0.3) is 0 Å². The predicted molar refractivity (Wildman–Crippen MR) is 64.6 cm³/mol. The van der Waals surface area contributed by atoms with Crippen LogP contribution >= 0.6 is 11.3 Å². The molecule has 1 heterocycles. The Labute approximate surface area is 99.7 Å². The van der Waals surface area contributed by atoms with Crippen molar-refractivity contribution in [2.24, 2.45) is 5.92 Å². The summed E-state index contributed by atoms with van der Waals surface area (Å²) in [6.07, 6.45) is 0.778. The first-order valence-corrected chi connectivity index (χ1v) is 6.24. The van der Waals surface area contributed by atoms with Gasteiger partial charge >= 0.3 is 0 Å². The predicted octanol–water partition coefficient (Wildman–Crippen LogP) is 1.59. The molecule has 90 valence electrons. The summed E-state index contributed by atoms with van der Waals surface area (Å²) in [6, 6.07) is -0.172. The largest absolute Gasteiger partial charge is 0.394 e. The van der Waals surface area contributed by atoms with Crippen LogP contribution in [0.4, 0.5) is 0 Å². The fourth-order valence-electron chi connectivity index (χ4n) is 1.52. The van der Waals surface area contributed by atoms with Crippen molar-refractivity contribution in [1.82, 2.24) is 10.3 Å². The molecule has 4 nitrogen and oxygen atoms in total. The molecule has 5 heteroatoms. The Bertz CT molecular complexity index is 350. The third kappa shape index (κ3) is 3.57. The normalized spacial score (nSPS) is 12.8. The molecule has 0 spiro atoms. The van der Waals surface area contributed by atoms with Crippen LogP contribution in [0.2, 0.25) is 0 Å². The molecule has 0 saturated heterocycles. The number of nitrogens with one attached hydrogen (secondary N) is 1. The third-order valence-electron chi connectivity index (χ3n) is 2.26. The van der Waals surface area contributed by atoms with Crippen molar-refractivity contribution in [3.63, 3.8) is 0 Å². The number of aryl methyl sites for hydroxylation is 1. The number of rotatable bonds is 5. The number of hydrogen-bond acceptors (Lipinski definition) is 4. The Balaban J connectivity index is 2.59. The zero-order valence-corrected chi connectivity index (χ0v) is 10.7. The van der Waals surface area contributed by atoms with E-state index in [4.69, 9.17) is 5.11 Å².